The van der Waals surface area contributed by atoms with Crippen LogP contribution in [0.4, 0.5) is 10.5 Å². The number of amides is 4. The molecule has 1 aromatic rings. The number of urea groups is 1. The Morgan fingerprint density at radius 2 is 2.00 bits per heavy atom. The summed E-state index contributed by atoms with van der Waals surface area (Å²) in [6.07, 6.45) is 1.12. The third kappa shape index (κ3) is 4.43. The largest absolute Gasteiger partial charge is 0.356 e. The van der Waals surface area contributed by atoms with Crippen molar-refractivity contribution in [2.75, 3.05) is 18.0 Å². The average molecular weight is 339 g/mol. The second kappa shape index (κ2) is 7.94. The van der Waals surface area contributed by atoms with Crippen molar-refractivity contribution < 1.29 is 14.4 Å². The SMILES string of the molecule is NCCCNC(=O)CCC1NC(=O)N(c2ccc(Cl)cc2)C1=O. The summed E-state index contributed by atoms with van der Waals surface area (Å²) < 4.78 is 0. The summed E-state index contributed by atoms with van der Waals surface area (Å²) in [7, 11) is 0. The van der Waals surface area contributed by atoms with Crippen LogP contribution in [0.1, 0.15) is 19.3 Å². The summed E-state index contributed by atoms with van der Waals surface area (Å²) in [6, 6.07) is 5.22. The third-order valence-corrected chi connectivity index (χ3v) is 3.72. The first-order chi connectivity index (χ1) is 11.0. The van der Waals surface area contributed by atoms with Gasteiger partial charge in [-0.15, -0.1) is 0 Å². The molecule has 8 heteroatoms. The molecule has 7 nitrogen and oxygen atoms in total. The van der Waals surface area contributed by atoms with E-state index in [1.165, 1.54) is 0 Å². The maximum atomic E-state index is 12.3. The number of nitrogens with two attached hydrogens (primary N) is 1. The summed E-state index contributed by atoms with van der Waals surface area (Å²) in [6.45, 7) is 1.02. The molecule has 1 aromatic carbocycles. The van der Waals surface area contributed by atoms with Gasteiger partial charge in [-0.05, 0) is 43.7 Å². The molecule has 0 aliphatic carbocycles. The predicted molar refractivity (Wildman–Crippen MR) is 87.2 cm³/mol. The molecule has 0 radical (unpaired) electrons. The molecule has 1 unspecified atom stereocenters. The number of nitrogens with one attached hydrogen (secondary N) is 2. The molecule has 1 aliphatic rings. The van der Waals surface area contributed by atoms with Crippen LogP contribution in [-0.2, 0) is 9.59 Å². The number of halogens is 1. The minimum Gasteiger partial charge on any atom is -0.356 e. The van der Waals surface area contributed by atoms with E-state index in [0.29, 0.717) is 30.2 Å². The first-order valence-corrected chi connectivity index (χ1v) is 7.77. The number of hydrogen-bond donors (Lipinski definition) is 3. The molecule has 1 atom stereocenters. The number of benzene rings is 1. The summed E-state index contributed by atoms with van der Waals surface area (Å²) in [5, 5.41) is 5.83. The van der Waals surface area contributed by atoms with E-state index < -0.39 is 12.1 Å². The lowest BCUT2D eigenvalue weighted by Crippen LogP contribution is -2.33. The van der Waals surface area contributed by atoms with E-state index in [4.69, 9.17) is 17.3 Å². The molecule has 124 valence electrons. The van der Waals surface area contributed by atoms with Crippen LogP contribution in [0.15, 0.2) is 24.3 Å². The standard InChI is InChI=1S/C15H19ClN4O3/c16-10-2-4-11(5-3-10)20-14(22)12(19-15(20)23)6-7-13(21)18-9-1-8-17/h2-5,12H,1,6-9,17H2,(H,18,21)(H,19,23). The molecule has 4 amide bonds. The Morgan fingerprint density at radius 3 is 2.65 bits per heavy atom. The minimum atomic E-state index is -0.696. The van der Waals surface area contributed by atoms with Crippen molar-refractivity contribution in [3.63, 3.8) is 0 Å². The highest BCUT2D eigenvalue weighted by Crippen LogP contribution is 2.22. The molecular weight excluding hydrogens is 320 g/mol. The lowest BCUT2D eigenvalue weighted by atomic mass is 10.1. The van der Waals surface area contributed by atoms with Gasteiger partial charge in [-0.3, -0.25) is 9.59 Å². The van der Waals surface area contributed by atoms with Crippen LogP contribution in [-0.4, -0.2) is 37.0 Å². The van der Waals surface area contributed by atoms with Crippen LogP contribution in [0, 0.1) is 0 Å². The maximum Gasteiger partial charge on any atom is 0.329 e. The predicted octanol–water partition coefficient (Wildman–Crippen LogP) is 1.01. The number of anilines is 1. The number of rotatable bonds is 7. The van der Waals surface area contributed by atoms with E-state index in [1.54, 1.807) is 24.3 Å². The van der Waals surface area contributed by atoms with E-state index in [-0.39, 0.29) is 24.7 Å². The molecule has 23 heavy (non-hydrogen) atoms. The van der Waals surface area contributed by atoms with E-state index in [1.807, 2.05) is 0 Å². The van der Waals surface area contributed by atoms with Gasteiger partial charge in [-0.1, -0.05) is 11.6 Å². The highest BCUT2D eigenvalue weighted by molar-refractivity contribution is 6.30. The van der Waals surface area contributed by atoms with Crippen LogP contribution in [0.5, 0.6) is 0 Å². The lowest BCUT2D eigenvalue weighted by Gasteiger charge is -2.13. The highest BCUT2D eigenvalue weighted by Gasteiger charge is 2.38. The zero-order valence-corrected chi connectivity index (χ0v) is 13.3. The smallest absolute Gasteiger partial charge is 0.329 e. The van der Waals surface area contributed by atoms with Gasteiger partial charge in [-0.2, -0.15) is 0 Å². The number of carbonyl (C=O) groups is 3. The lowest BCUT2D eigenvalue weighted by molar-refractivity contribution is -0.121. The molecule has 0 aromatic heterocycles. The van der Waals surface area contributed by atoms with Crippen LogP contribution >= 0.6 is 11.6 Å². The number of imide groups is 1. The molecule has 1 aliphatic heterocycles. The third-order valence-electron chi connectivity index (χ3n) is 3.47. The first kappa shape index (κ1) is 17.2. The van der Waals surface area contributed by atoms with Crippen molar-refractivity contribution >= 4 is 35.1 Å². The Morgan fingerprint density at radius 1 is 1.30 bits per heavy atom. The van der Waals surface area contributed by atoms with E-state index in [2.05, 4.69) is 10.6 Å². The van der Waals surface area contributed by atoms with E-state index in [9.17, 15) is 14.4 Å². The van der Waals surface area contributed by atoms with Gasteiger partial charge in [0.2, 0.25) is 5.91 Å². The van der Waals surface area contributed by atoms with Crippen molar-refractivity contribution in [2.45, 2.75) is 25.3 Å². The average Bonchev–Trinajstić information content (AvgIpc) is 2.81. The second-order valence-electron chi connectivity index (χ2n) is 5.18. The fourth-order valence-corrected chi connectivity index (χ4v) is 2.38. The molecule has 0 saturated carbocycles. The Labute approximate surface area is 139 Å². The second-order valence-corrected chi connectivity index (χ2v) is 5.62. The van der Waals surface area contributed by atoms with E-state index >= 15 is 0 Å². The number of carbonyl (C=O) groups excluding carboxylic acids is 3. The minimum absolute atomic E-state index is 0.162. The van der Waals surface area contributed by atoms with Crippen LogP contribution in [0.3, 0.4) is 0 Å². The van der Waals surface area contributed by atoms with Crippen LogP contribution in [0.2, 0.25) is 5.02 Å². The fourth-order valence-electron chi connectivity index (χ4n) is 2.26. The first-order valence-electron chi connectivity index (χ1n) is 7.39. The molecule has 0 spiro atoms. The summed E-state index contributed by atoms with van der Waals surface area (Å²) in [4.78, 5) is 37.0. The van der Waals surface area contributed by atoms with Crippen molar-refractivity contribution in [1.29, 1.82) is 0 Å². The molecule has 1 saturated heterocycles. The van der Waals surface area contributed by atoms with Gasteiger partial charge in [0.25, 0.3) is 5.91 Å². The Bertz CT molecular complexity index is 591. The summed E-state index contributed by atoms with van der Waals surface area (Å²) in [5.41, 5.74) is 5.80. The molecule has 1 heterocycles. The molecular formula is C15H19ClN4O3. The zero-order valence-electron chi connectivity index (χ0n) is 12.5. The Kier molecular flexibility index (Phi) is 5.95. The Balaban J connectivity index is 1.91. The maximum absolute atomic E-state index is 12.3. The van der Waals surface area contributed by atoms with Gasteiger partial charge in [-0.25, -0.2) is 9.69 Å². The van der Waals surface area contributed by atoms with Crippen LogP contribution in [0.25, 0.3) is 0 Å². The van der Waals surface area contributed by atoms with Gasteiger partial charge in [0.1, 0.15) is 6.04 Å². The monoisotopic (exact) mass is 338 g/mol. The highest BCUT2D eigenvalue weighted by atomic mass is 35.5. The van der Waals surface area contributed by atoms with Gasteiger partial charge in [0.15, 0.2) is 0 Å². The van der Waals surface area contributed by atoms with Crippen molar-refractivity contribution in [1.82, 2.24) is 10.6 Å². The van der Waals surface area contributed by atoms with Crippen molar-refractivity contribution in [3.05, 3.63) is 29.3 Å². The fraction of sp³-hybridized carbons (Fsp3) is 0.400. The topological polar surface area (TPSA) is 105 Å². The van der Waals surface area contributed by atoms with Crippen molar-refractivity contribution in [3.8, 4) is 0 Å². The van der Waals surface area contributed by atoms with Crippen molar-refractivity contribution in [2.24, 2.45) is 5.73 Å². The van der Waals surface area contributed by atoms with Crippen LogP contribution < -0.4 is 21.3 Å². The molecule has 4 N–H and O–H groups in total. The Hall–Kier alpha value is -2.12. The van der Waals surface area contributed by atoms with Gasteiger partial charge >= 0.3 is 6.03 Å². The summed E-state index contributed by atoms with van der Waals surface area (Å²) >= 11 is 5.80. The van der Waals surface area contributed by atoms with E-state index in [0.717, 1.165) is 4.90 Å². The molecule has 0 bridgehead atoms. The molecule has 1 fully saturated rings. The zero-order chi connectivity index (χ0) is 16.8. The number of hydrogen-bond acceptors (Lipinski definition) is 4. The summed E-state index contributed by atoms with van der Waals surface area (Å²) in [5.74, 6) is -0.530. The van der Waals surface area contributed by atoms with Gasteiger partial charge in [0, 0.05) is 18.0 Å². The number of nitrogens with zero attached hydrogens (tertiary/aromatic N) is 1. The van der Waals surface area contributed by atoms with Gasteiger partial charge in [0.05, 0.1) is 5.69 Å². The quantitative estimate of drug-likeness (QED) is 0.509. The molecule has 2 rings (SSSR count). The van der Waals surface area contributed by atoms with Gasteiger partial charge < -0.3 is 16.4 Å². The normalized spacial score (nSPS) is 17.3.